The summed E-state index contributed by atoms with van der Waals surface area (Å²) in [5.41, 5.74) is 2.62. The molecule has 29 heavy (non-hydrogen) atoms. The van der Waals surface area contributed by atoms with E-state index in [-0.39, 0.29) is 5.97 Å². The van der Waals surface area contributed by atoms with Gasteiger partial charge in [0.05, 0.1) is 13.2 Å². The maximum Gasteiger partial charge on any atom is 0.306 e. The van der Waals surface area contributed by atoms with Crippen LogP contribution in [-0.2, 0) is 19.0 Å². The first kappa shape index (κ1) is 26.2. The van der Waals surface area contributed by atoms with Crippen LogP contribution in [0.1, 0.15) is 84.5 Å². The Morgan fingerprint density at radius 3 is 2.66 bits per heavy atom. The number of alkyl halides is 1. The van der Waals surface area contributed by atoms with E-state index in [1.165, 1.54) is 36.8 Å². The molecule has 168 valence electrons. The molecule has 1 unspecified atom stereocenters. The summed E-state index contributed by atoms with van der Waals surface area (Å²) in [4.78, 5) is 11.9. The van der Waals surface area contributed by atoms with Gasteiger partial charge in [0.1, 0.15) is 5.76 Å². The fraction of sp³-hybridized carbons (Fsp3) is 0.783. The van der Waals surface area contributed by atoms with Crippen molar-refractivity contribution in [2.75, 3.05) is 25.2 Å². The molecule has 0 spiro atoms. The van der Waals surface area contributed by atoms with Crippen LogP contribution in [0, 0.1) is 0 Å². The molecule has 1 rings (SSSR count). The third kappa shape index (κ3) is 11.8. The molecular weight excluding hydrogens is 436 g/mol. The summed E-state index contributed by atoms with van der Waals surface area (Å²) in [6.07, 6.45) is 11.8. The molecule has 1 aliphatic carbocycles. The van der Waals surface area contributed by atoms with Crippen molar-refractivity contribution in [1.29, 1.82) is 0 Å². The highest BCUT2D eigenvalue weighted by atomic mass is 79.9. The lowest BCUT2D eigenvalue weighted by atomic mass is 9.89. The van der Waals surface area contributed by atoms with Crippen LogP contribution in [0.2, 0.25) is 0 Å². The predicted octanol–water partition coefficient (Wildman–Crippen LogP) is 5.80. The molecule has 0 saturated heterocycles. The number of hydrogen-bond donors (Lipinski definition) is 1. The predicted molar refractivity (Wildman–Crippen MR) is 120 cm³/mol. The molecule has 0 heterocycles. The Kier molecular flexibility index (Phi) is 15.3. The quantitative estimate of drug-likeness (QED) is 0.125. The lowest BCUT2D eigenvalue weighted by molar-refractivity contribution is -0.143. The molecule has 0 saturated carbocycles. The number of carbonyl (C=O) groups is 1. The number of aliphatic hydroxyl groups is 1. The van der Waals surface area contributed by atoms with Gasteiger partial charge in [-0.1, -0.05) is 34.3 Å². The Bertz CT molecular complexity index is 515. The lowest BCUT2D eigenvalue weighted by Crippen LogP contribution is -2.13. The number of rotatable bonds is 17. The average molecular weight is 475 g/mol. The van der Waals surface area contributed by atoms with E-state index < -0.39 is 6.29 Å². The maximum atomic E-state index is 11.9. The third-order valence-electron chi connectivity index (χ3n) is 4.96. The molecule has 0 bridgehead atoms. The highest BCUT2D eigenvalue weighted by molar-refractivity contribution is 9.09. The molecule has 0 aromatic carbocycles. The summed E-state index contributed by atoms with van der Waals surface area (Å²) in [5, 5.41) is 10.7. The molecule has 0 radical (unpaired) electrons. The molecule has 0 aliphatic heterocycles. The zero-order valence-corrected chi connectivity index (χ0v) is 19.8. The van der Waals surface area contributed by atoms with Gasteiger partial charge in [0.15, 0.2) is 6.29 Å². The molecule has 5 nitrogen and oxygen atoms in total. The van der Waals surface area contributed by atoms with Crippen LogP contribution >= 0.6 is 15.9 Å². The minimum atomic E-state index is -0.724. The van der Waals surface area contributed by atoms with E-state index in [4.69, 9.17) is 14.2 Å². The highest BCUT2D eigenvalue weighted by Gasteiger charge is 2.19. The summed E-state index contributed by atoms with van der Waals surface area (Å²) in [5.74, 6) is 0.767. The number of unbranched alkanes of at least 4 members (excludes halogenated alkanes) is 3. The van der Waals surface area contributed by atoms with E-state index >= 15 is 0 Å². The zero-order valence-electron chi connectivity index (χ0n) is 18.2. The van der Waals surface area contributed by atoms with Crippen LogP contribution in [0.5, 0.6) is 0 Å². The van der Waals surface area contributed by atoms with Crippen molar-refractivity contribution in [3.8, 4) is 0 Å². The SMILES string of the molecule is CCOC(=O)CCC1=C(CCCCCCBr)CCC=C1OCCCC(O)OCC. The van der Waals surface area contributed by atoms with Crippen LogP contribution in [0.15, 0.2) is 23.0 Å². The van der Waals surface area contributed by atoms with E-state index in [0.29, 0.717) is 39.1 Å². The van der Waals surface area contributed by atoms with E-state index in [1.807, 2.05) is 13.8 Å². The smallest absolute Gasteiger partial charge is 0.306 e. The first-order valence-corrected chi connectivity index (χ1v) is 12.3. The van der Waals surface area contributed by atoms with Gasteiger partial charge in [0, 0.05) is 24.8 Å². The van der Waals surface area contributed by atoms with Crippen molar-refractivity contribution in [3.63, 3.8) is 0 Å². The molecule has 0 amide bonds. The van der Waals surface area contributed by atoms with Crippen molar-refractivity contribution in [1.82, 2.24) is 0 Å². The fourth-order valence-corrected chi connectivity index (χ4v) is 3.91. The number of hydrogen-bond acceptors (Lipinski definition) is 5. The Morgan fingerprint density at radius 2 is 1.93 bits per heavy atom. The Hall–Kier alpha value is -0.850. The van der Waals surface area contributed by atoms with Crippen LogP contribution in [0.4, 0.5) is 0 Å². The number of aliphatic hydroxyl groups excluding tert-OH is 1. The molecule has 1 aliphatic rings. The maximum absolute atomic E-state index is 11.9. The molecule has 1 atom stereocenters. The van der Waals surface area contributed by atoms with Gasteiger partial charge in [-0.05, 0) is 70.4 Å². The standard InChI is InChI=1S/C23H39BrO5/c1-3-27-22(25)14-10-18-29-21-13-9-12-19(11-7-5-6-8-17-24)20(21)15-16-23(26)28-4-2/h13,22,25H,3-12,14-18H2,1-2H3. The van der Waals surface area contributed by atoms with Crippen molar-refractivity contribution in [3.05, 3.63) is 23.0 Å². The van der Waals surface area contributed by atoms with Crippen LogP contribution in [0.25, 0.3) is 0 Å². The molecular formula is C23H39BrO5. The summed E-state index contributed by atoms with van der Waals surface area (Å²) in [6, 6.07) is 0. The summed E-state index contributed by atoms with van der Waals surface area (Å²) < 4.78 is 16.3. The van der Waals surface area contributed by atoms with Crippen LogP contribution < -0.4 is 0 Å². The lowest BCUT2D eigenvalue weighted by Gasteiger charge is -2.23. The Balaban J connectivity index is 2.63. The number of halogens is 1. The van der Waals surface area contributed by atoms with E-state index in [9.17, 15) is 9.90 Å². The van der Waals surface area contributed by atoms with Crippen LogP contribution in [0.3, 0.4) is 0 Å². The zero-order chi connectivity index (χ0) is 21.3. The second kappa shape index (κ2) is 16.9. The van der Waals surface area contributed by atoms with Crippen molar-refractivity contribution < 1.29 is 24.1 Å². The minimum absolute atomic E-state index is 0.151. The van der Waals surface area contributed by atoms with Crippen molar-refractivity contribution in [2.24, 2.45) is 0 Å². The van der Waals surface area contributed by atoms with Crippen molar-refractivity contribution in [2.45, 2.75) is 90.8 Å². The highest BCUT2D eigenvalue weighted by Crippen LogP contribution is 2.33. The van der Waals surface area contributed by atoms with E-state index in [2.05, 4.69) is 22.0 Å². The van der Waals surface area contributed by atoms with Crippen LogP contribution in [-0.4, -0.2) is 42.5 Å². The van der Waals surface area contributed by atoms with Crippen molar-refractivity contribution >= 4 is 21.9 Å². The average Bonchev–Trinajstić information content (AvgIpc) is 2.70. The summed E-state index contributed by atoms with van der Waals surface area (Å²) >= 11 is 3.49. The minimum Gasteiger partial charge on any atom is -0.494 e. The first-order valence-electron chi connectivity index (χ1n) is 11.2. The second-order valence-corrected chi connectivity index (χ2v) is 8.04. The normalized spacial score (nSPS) is 15.2. The van der Waals surface area contributed by atoms with Gasteiger partial charge in [-0.15, -0.1) is 0 Å². The monoisotopic (exact) mass is 474 g/mol. The largest absolute Gasteiger partial charge is 0.494 e. The summed E-state index contributed by atoms with van der Waals surface area (Å²) in [7, 11) is 0. The molecule has 0 aromatic rings. The van der Waals surface area contributed by atoms with Gasteiger partial charge in [-0.25, -0.2) is 0 Å². The van der Waals surface area contributed by atoms with Gasteiger partial charge >= 0.3 is 5.97 Å². The molecule has 6 heteroatoms. The molecule has 1 N–H and O–H groups in total. The Labute approximate surface area is 185 Å². The third-order valence-corrected chi connectivity index (χ3v) is 5.52. The first-order chi connectivity index (χ1) is 14.1. The van der Waals surface area contributed by atoms with Gasteiger partial charge < -0.3 is 19.3 Å². The van der Waals surface area contributed by atoms with E-state index in [0.717, 1.165) is 36.8 Å². The number of ether oxygens (including phenoxy) is 3. The summed E-state index contributed by atoms with van der Waals surface area (Å²) in [6.45, 7) is 5.17. The topological polar surface area (TPSA) is 65.0 Å². The number of esters is 1. The Morgan fingerprint density at radius 1 is 1.14 bits per heavy atom. The van der Waals surface area contributed by atoms with Gasteiger partial charge in [-0.2, -0.15) is 0 Å². The number of allylic oxidation sites excluding steroid dienone is 3. The fourth-order valence-electron chi connectivity index (χ4n) is 3.51. The van der Waals surface area contributed by atoms with Gasteiger partial charge in [-0.3, -0.25) is 4.79 Å². The second-order valence-electron chi connectivity index (χ2n) is 7.25. The van der Waals surface area contributed by atoms with Gasteiger partial charge in [0.2, 0.25) is 0 Å². The van der Waals surface area contributed by atoms with Gasteiger partial charge in [0.25, 0.3) is 0 Å². The molecule has 0 fully saturated rings. The number of carbonyl (C=O) groups excluding carboxylic acids is 1. The van der Waals surface area contributed by atoms with E-state index in [1.54, 1.807) is 0 Å². The molecule has 0 aromatic heterocycles.